The third kappa shape index (κ3) is 5.27. The van der Waals surface area contributed by atoms with E-state index in [9.17, 15) is 13.2 Å². The largest absolute Gasteiger partial charge is 0.364 e. The minimum absolute atomic E-state index is 0.111. The van der Waals surface area contributed by atoms with Crippen LogP contribution in [0.4, 0.5) is 0 Å². The van der Waals surface area contributed by atoms with Gasteiger partial charge in [0.15, 0.2) is 0 Å². The summed E-state index contributed by atoms with van der Waals surface area (Å²) in [5, 5.41) is 5.94. The highest BCUT2D eigenvalue weighted by molar-refractivity contribution is 7.88. The molecule has 8 heteroatoms. The normalized spacial score (nSPS) is 11.1. The molecule has 17 heavy (non-hydrogen) atoms. The van der Waals surface area contributed by atoms with Gasteiger partial charge in [-0.15, -0.1) is 0 Å². The van der Waals surface area contributed by atoms with E-state index in [0.29, 0.717) is 5.69 Å². The van der Waals surface area contributed by atoms with E-state index in [0.717, 1.165) is 6.08 Å². The summed E-state index contributed by atoms with van der Waals surface area (Å²) in [6, 6.07) is 1.47. The Bertz CT molecular complexity index is 466. The second-order valence-electron chi connectivity index (χ2n) is 3.14. The average molecular weight is 259 g/mol. The number of nitrogens with zero attached hydrogens (tertiary/aromatic N) is 1. The SMILES string of the molecule is C=CC(=O)NCCNS(=O)(=O)Cc1ccon1. The van der Waals surface area contributed by atoms with Crippen molar-refractivity contribution in [2.45, 2.75) is 5.75 Å². The first-order valence-corrected chi connectivity index (χ1v) is 6.45. The van der Waals surface area contributed by atoms with E-state index >= 15 is 0 Å². The summed E-state index contributed by atoms with van der Waals surface area (Å²) < 4.78 is 29.8. The highest BCUT2D eigenvalue weighted by atomic mass is 32.2. The number of carbonyl (C=O) groups is 1. The van der Waals surface area contributed by atoms with Crippen molar-refractivity contribution < 1.29 is 17.7 Å². The fourth-order valence-electron chi connectivity index (χ4n) is 1.02. The molecule has 1 rings (SSSR count). The first-order valence-electron chi connectivity index (χ1n) is 4.80. The number of hydrogen-bond donors (Lipinski definition) is 2. The molecule has 1 amide bonds. The van der Waals surface area contributed by atoms with Crippen LogP contribution in [0.2, 0.25) is 0 Å². The van der Waals surface area contributed by atoms with Crippen LogP contribution in [-0.2, 0) is 20.6 Å². The molecule has 1 aromatic rings. The third-order valence-corrected chi connectivity index (χ3v) is 3.08. The summed E-state index contributed by atoms with van der Waals surface area (Å²) in [7, 11) is -3.46. The molecule has 0 bridgehead atoms. The van der Waals surface area contributed by atoms with E-state index in [1.807, 2.05) is 0 Å². The number of amides is 1. The highest BCUT2D eigenvalue weighted by Gasteiger charge is 2.12. The van der Waals surface area contributed by atoms with Gasteiger partial charge >= 0.3 is 0 Å². The Morgan fingerprint density at radius 2 is 2.29 bits per heavy atom. The van der Waals surface area contributed by atoms with E-state index in [1.54, 1.807) is 0 Å². The van der Waals surface area contributed by atoms with Gasteiger partial charge in [0.2, 0.25) is 15.9 Å². The minimum Gasteiger partial charge on any atom is -0.364 e. The molecule has 0 aliphatic carbocycles. The zero-order chi connectivity index (χ0) is 12.7. The molecule has 1 aromatic heterocycles. The molecule has 0 aliphatic rings. The van der Waals surface area contributed by atoms with E-state index in [4.69, 9.17) is 0 Å². The van der Waals surface area contributed by atoms with Crippen molar-refractivity contribution in [3.8, 4) is 0 Å². The Kier molecular flexibility index (Phi) is 4.85. The summed E-state index contributed by atoms with van der Waals surface area (Å²) in [5.41, 5.74) is 0.327. The van der Waals surface area contributed by atoms with Gasteiger partial charge < -0.3 is 9.84 Å². The first-order chi connectivity index (χ1) is 8.03. The Labute approximate surface area is 98.9 Å². The molecule has 7 nitrogen and oxygen atoms in total. The molecule has 0 atom stereocenters. The summed E-state index contributed by atoms with van der Waals surface area (Å²) in [5.74, 6) is -0.598. The van der Waals surface area contributed by atoms with Crippen LogP contribution in [0.1, 0.15) is 5.69 Å². The second kappa shape index (κ2) is 6.16. The van der Waals surface area contributed by atoms with Gasteiger partial charge in [-0.05, 0) is 6.08 Å². The van der Waals surface area contributed by atoms with Crippen LogP contribution in [-0.4, -0.2) is 32.6 Å². The van der Waals surface area contributed by atoms with Crippen LogP contribution in [0.3, 0.4) is 0 Å². The van der Waals surface area contributed by atoms with Gasteiger partial charge in [0, 0.05) is 19.2 Å². The minimum atomic E-state index is -3.46. The van der Waals surface area contributed by atoms with E-state index < -0.39 is 10.0 Å². The van der Waals surface area contributed by atoms with Crippen molar-refractivity contribution in [1.82, 2.24) is 15.2 Å². The lowest BCUT2D eigenvalue weighted by molar-refractivity contribution is -0.116. The van der Waals surface area contributed by atoms with Gasteiger partial charge in [-0.1, -0.05) is 11.7 Å². The summed E-state index contributed by atoms with van der Waals surface area (Å²) in [4.78, 5) is 10.8. The molecule has 1 heterocycles. The lowest BCUT2D eigenvalue weighted by atomic mass is 10.5. The van der Waals surface area contributed by atoms with Gasteiger partial charge in [-0.25, -0.2) is 13.1 Å². The fraction of sp³-hybridized carbons (Fsp3) is 0.333. The molecular weight excluding hydrogens is 246 g/mol. The maximum absolute atomic E-state index is 11.5. The lowest BCUT2D eigenvalue weighted by Crippen LogP contribution is -2.34. The molecule has 0 saturated heterocycles. The molecule has 0 saturated carbocycles. The molecule has 0 spiro atoms. The summed E-state index contributed by atoms with van der Waals surface area (Å²) in [6.45, 7) is 3.58. The van der Waals surface area contributed by atoms with Gasteiger partial charge in [0.25, 0.3) is 0 Å². The van der Waals surface area contributed by atoms with Gasteiger partial charge in [-0.3, -0.25) is 4.79 Å². The predicted molar refractivity (Wildman–Crippen MR) is 60.3 cm³/mol. The first kappa shape index (κ1) is 13.4. The fourth-order valence-corrected chi connectivity index (χ4v) is 2.08. The van der Waals surface area contributed by atoms with Crippen LogP contribution in [0.5, 0.6) is 0 Å². The molecular formula is C9H13N3O4S. The number of sulfonamides is 1. The van der Waals surface area contributed by atoms with E-state index in [-0.39, 0.29) is 24.7 Å². The number of aromatic nitrogens is 1. The Hall–Kier alpha value is -1.67. The van der Waals surface area contributed by atoms with Crippen molar-refractivity contribution in [2.75, 3.05) is 13.1 Å². The smallest absolute Gasteiger partial charge is 0.243 e. The molecule has 0 fully saturated rings. The van der Waals surface area contributed by atoms with Crippen LogP contribution < -0.4 is 10.0 Å². The van der Waals surface area contributed by atoms with Gasteiger partial charge in [0.05, 0.1) is 5.69 Å². The van der Waals surface area contributed by atoms with Gasteiger partial charge in [0.1, 0.15) is 12.0 Å². The second-order valence-corrected chi connectivity index (χ2v) is 4.95. The standard InChI is InChI=1S/C9H13N3O4S/c1-2-9(13)10-4-5-11-17(14,15)7-8-3-6-16-12-8/h2-3,6,11H,1,4-5,7H2,(H,10,13). The number of nitrogens with one attached hydrogen (secondary N) is 2. The zero-order valence-corrected chi connectivity index (χ0v) is 9.87. The number of rotatable bonds is 7. The monoisotopic (exact) mass is 259 g/mol. The van der Waals surface area contributed by atoms with Crippen molar-refractivity contribution >= 4 is 15.9 Å². The molecule has 0 radical (unpaired) electrons. The molecule has 0 aliphatic heterocycles. The average Bonchev–Trinajstić information content (AvgIpc) is 2.76. The summed E-state index contributed by atoms with van der Waals surface area (Å²) >= 11 is 0. The molecule has 94 valence electrons. The molecule has 0 unspecified atom stereocenters. The quantitative estimate of drug-likeness (QED) is 0.503. The molecule has 0 aromatic carbocycles. The maximum Gasteiger partial charge on any atom is 0.243 e. The Morgan fingerprint density at radius 1 is 1.53 bits per heavy atom. The maximum atomic E-state index is 11.5. The third-order valence-electron chi connectivity index (χ3n) is 1.76. The number of carbonyl (C=O) groups excluding carboxylic acids is 1. The predicted octanol–water partition coefficient (Wildman–Crippen LogP) is -0.604. The van der Waals surface area contributed by atoms with Crippen molar-refractivity contribution in [1.29, 1.82) is 0 Å². The topological polar surface area (TPSA) is 101 Å². The van der Waals surface area contributed by atoms with Crippen LogP contribution >= 0.6 is 0 Å². The van der Waals surface area contributed by atoms with Crippen LogP contribution in [0, 0.1) is 0 Å². The summed E-state index contributed by atoms with van der Waals surface area (Å²) in [6.07, 6.45) is 2.42. The van der Waals surface area contributed by atoms with Crippen LogP contribution in [0.25, 0.3) is 0 Å². The van der Waals surface area contributed by atoms with Crippen molar-refractivity contribution in [3.63, 3.8) is 0 Å². The van der Waals surface area contributed by atoms with Gasteiger partial charge in [-0.2, -0.15) is 0 Å². The van der Waals surface area contributed by atoms with E-state index in [1.165, 1.54) is 12.3 Å². The Balaban J connectivity index is 2.30. The van der Waals surface area contributed by atoms with Crippen molar-refractivity contribution in [2.24, 2.45) is 0 Å². The zero-order valence-electron chi connectivity index (χ0n) is 9.05. The Morgan fingerprint density at radius 3 is 2.88 bits per heavy atom. The van der Waals surface area contributed by atoms with E-state index in [2.05, 4.69) is 26.3 Å². The van der Waals surface area contributed by atoms with Crippen LogP contribution in [0.15, 0.2) is 29.5 Å². The van der Waals surface area contributed by atoms with Crippen molar-refractivity contribution in [3.05, 3.63) is 30.7 Å². The lowest BCUT2D eigenvalue weighted by Gasteiger charge is -2.05. The number of hydrogen-bond acceptors (Lipinski definition) is 5. The molecule has 2 N–H and O–H groups in total. The highest BCUT2D eigenvalue weighted by Crippen LogP contribution is 2.00.